The first-order valence-electron chi connectivity index (χ1n) is 9.09. The summed E-state index contributed by atoms with van der Waals surface area (Å²) in [7, 11) is 0. The fourth-order valence-corrected chi connectivity index (χ4v) is 3.69. The predicted molar refractivity (Wildman–Crippen MR) is 101 cm³/mol. The molecule has 6 heteroatoms. The number of fused-ring (bicyclic) bond motifs is 4. The van der Waals surface area contributed by atoms with E-state index >= 15 is 0 Å². The highest BCUT2D eigenvalue weighted by Gasteiger charge is 2.24. The van der Waals surface area contributed by atoms with Gasteiger partial charge < -0.3 is 23.5 Å². The first-order valence-corrected chi connectivity index (χ1v) is 9.09. The second-order valence-electron chi connectivity index (χ2n) is 6.66. The molecular formula is C21H19NO5. The van der Waals surface area contributed by atoms with Crippen molar-refractivity contribution in [1.82, 2.24) is 0 Å². The van der Waals surface area contributed by atoms with E-state index in [9.17, 15) is 4.79 Å². The lowest BCUT2D eigenvalue weighted by Gasteiger charge is -2.31. The third kappa shape index (κ3) is 2.68. The second-order valence-corrected chi connectivity index (χ2v) is 6.66. The number of anilines is 1. The van der Waals surface area contributed by atoms with Crippen molar-refractivity contribution in [3.05, 3.63) is 57.9 Å². The Labute approximate surface area is 155 Å². The van der Waals surface area contributed by atoms with Gasteiger partial charge in [0.05, 0.1) is 12.1 Å². The molecule has 2 aromatic carbocycles. The van der Waals surface area contributed by atoms with Crippen LogP contribution in [0.3, 0.4) is 0 Å². The first kappa shape index (κ1) is 16.1. The summed E-state index contributed by atoms with van der Waals surface area (Å²) in [6.07, 6.45) is 0.771. The fourth-order valence-electron chi connectivity index (χ4n) is 3.69. The summed E-state index contributed by atoms with van der Waals surface area (Å²) < 4.78 is 22.8. The highest BCUT2D eigenvalue weighted by molar-refractivity contribution is 5.85. The Morgan fingerprint density at radius 1 is 0.963 bits per heavy atom. The number of benzene rings is 2. The summed E-state index contributed by atoms with van der Waals surface area (Å²) in [5, 5.41) is 0.962. The molecule has 1 aromatic heterocycles. The predicted octanol–water partition coefficient (Wildman–Crippen LogP) is 3.48. The van der Waals surface area contributed by atoms with Gasteiger partial charge in [0, 0.05) is 23.2 Å². The summed E-state index contributed by atoms with van der Waals surface area (Å²) in [4.78, 5) is 14.1. The van der Waals surface area contributed by atoms with Crippen molar-refractivity contribution < 1.29 is 18.6 Å². The van der Waals surface area contributed by atoms with Gasteiger partial charge in [-0.2, -0.15) is 0 Å². The molecule has 0 atom stereocenters. The number of nitrogens with zero attached hydrogens (tertiary/aromatic N) is 1. The van der Waals surface area contributed by atoms with Crippen LogP contribution < -0.4 is 24.7 Å². The molecule has 6 nitrogen and oxygen atoms in total. The Kier molecular flexibility index (Phi) is 3.70. The van der Waals surface area contributed by atoms with Gasteiger partial charge in [-0.1, -0.05) is 6.92 Å². The number of ether oxygens (including phenoxy) is 3. The molecule has 0 saturated carbocycles. The third-order valence-corrected chi connectivity index (χ3v) is 5.05. The topological polar surface area (TPSA) is 61.1 Å². The van der Waals surface area contributed by atoms with Gasteiger partial charge in [-0.3, -0.25) is 0 Å². The maximum Gasteiger partial charge on any atom is 0.336 e. The van der Waals surface area contributed by atoms with Crippen LogP contribution >= 0.6 is 0 Å². The zero-order valence-corrected chi connectivity index (χ0v) is 15.0. The third-order valence-electron chi connectivity index (χ3n) is 5.05. The summed E-state index contributed by atoms with van der Waals surface area (Å²) >= 11 is 0. The van der Waals surface area contributed by atoms with Crippen LogP contribution in [0.2, 0.25) is 0 Å². The van der Waals surface area contributed by atoms with Crippen LogP contribution in [0.15, 0.2) is 45.6 Å². The van der Waals surface area contributed by atoms with Crippen LogP contribution in [0.25, 0.3) is 11.0 Å². The van der Waals surface area contributed by atoms with Crippen molar-refractivity contribution in [1.29, 1.82) is 0 Å². The van der Waals surface area contributed by atoms with Gasteiger partial charge >= 0.3 is 5.63 Å². The molecule has 0 aliphatic carbocycles. The zero-order valence-electron chi connectivity index (χ0n) is 15.0. The van der Waals surface area contributed by atoms with E-state index in [-0.39, 0.29) is 5.63 Å². The van der Waals surface area contributed by atoms with Gasteiger partial charge in [-0.25, -0.2) is 4.79 Å². The maximum absolute atomic E-state index is 12.0. The zero-order chi connectivity index (χ0) is 18.4. The molecule has 3 heterocycles. The normalized spacial score (nSPS) is 15.4. The molecule has 2 aliphatic heterocycles. The van der Waals surface area contributed by atoms with Gasteiger partial charge in [-0.05, 0) is 36.2 Å². The maximum atomic E-state index is 12.0. The minimum Gasteiger partial charge on any atom is -0.486 e. The van der Waals surface area contributed by atoms with Gasteiger partial charge in [0.1, 0.15) is 24.5 Å². The van der Waals surface area contributed by atoms with E-state index in [4.69, 9.17) is 18.6 Å². The van der Waals surface area contributed by atoms with Crippen molar-refractivity contribution in [3.8, 4) is 17.2 Å². The van der Waals surface area contributed by atoms with E-state index in [1.807, 2.05) is 37.3 Å². The van der Waals surface area contributed by atoms with Crippen molar-refractivity contribution >= 4 is 16.7 Å². The Morgan fingerprint density at radius 3 is 2.63 bits per heavy atom. The molecule has 0 amide bonds. The first-order chi connectivity index (χ1) is 13.2. The highest BCUT2D eigenvalue weighted by atomic mass is 16.6. The SMILES string of the molecule is CCc1cc(=O)oc2c3c(ccc12)OCN(c1ccc2c(c1)OCCO2)C3. The van der Waals surface area contributed by atoms with Crippen molar-refractivity contribution in [3.63, 3.8) is 0 Å². The molecule has 0 unspecified atom stereocenters. The lowest BCUT2D eigenvalue weighted by atomic mass is 10.0. The van der Waals surface area contributed by atoms with E-state index in [1.54, 1.807) is 6.07 Å². The Morgan fingerprint density at radius 2 is 1.78 bits per heavy atom. The molecule has 0 fully saturated rings. The largest absolute Gasteiger partial charge is 0.486 e. The average Bonchev–Trinajstić information content (AvgIpc) is 2.72. The Balaban J connectivity index is 1.57. The molecule has 0 spiro atoms. The monoisotopic (exact) mass is 365 g/mol. The summed E-state index contributed by atoms with van der Waals surface area (Å²) in [6.45, 7) is 4.15. The van der Waals surface area contributed by atoms with E-state index in [2.05, 4.69) is 4.90 Å². The van der Waals surface area contributed by atoms with E-state index in [0.717, 1.165) is 45.9 Å². The van der Waals surface area contributed by atoms with Crippen LogP contribution in [0.5, 0.6) is 17.2 Å². The molecular weight excluding hydrogens is 346 g/mol. The average molecular weight is 365 g/mol. The van der Waals surface area contributed by atoms with Crippen LogP contribution in [0.4, 0.5) is 5.69 Å². The minimum absolute atomic E-state index is 0.329. The van der Waals surface area contributed by atoms with Crippen LogP contribution in [-0.4, -0.2) is 19.9 Å². The number of hydrogen-bond acceptors (Lipinski definition) is 6. The smallest absolute Gasteiger partial charge is 0.336 e. The minimum atomic E-state index is -0.329. The van der Waals surface area contributed by atoms with Crippen molar-refractivity contribution in [2.45, 2.75) is 19.9 Å². The van der Waals surface area contributed by atoms with Gasteiger partial charge in [0.15, 0.2) is 18.2 Å². The van der Waals surface area contributed by atoms with Crippen LogP contribution in [-0.2, 0) is 13.0 Å². The fraction of sp³-hybridized carbons (Fsp3) is 0.286. The van der Waals surface area contributed by atoms with Crippen molar-refractivity contribution in [2.75, 3.05) is 24.8 Å². The molecule has 3 aromatic rings. The standard InChI is InChI=1S/C21H19NO5/c1-2-13-9-20(23)27-21-15(13)4-6-17-16(21)11-22(12-26-17)14-3-5-18-19(10-14)25-8-7-24-18/h3-6,9-10H,2,7-8,11-12H2,1H3. The Bertz CT molecular complexity index is 1090. The molecule has 138 valence electrons. The number of aryl methyl sites for hydroxylation is 1. The van der Waals surface area contributed by atoms with E-state index < -0.39 is 0 Å². The van der Waals surface area contributed by atoms with Gasteiger partial charge in [0.25, 0.3) is 0 Å². The van der Waals surface area contributed by atoms with E-state index in [1.165, 1.54) is 0 Å². The molecule has 0 bridgehead atoms. The molecule has 27 heavy (non-hydrogen) atoms. The lowest BCUT2D eigenvalue weighted by molar-refractivity contribution is 0.171. The van der Waals surface area contributed by atoms with Crippen LogP contribution in [0, 0.1) is 0 Å². The molecule has 5 rings (SSSR count). The molecule has 2 aliphatic rings. The summed E-state index contributed by atoms with van der Waals surface area (Å²) in [6, 6.07) is 11.4. The van der Waals surface area contributed by atoms with E-state index in [0.29, 0.717) is 32.1 Å². The van der Waals surface area contributed by atoms with Gasteiger partial charge in [0.2, 0.25) is 0 Å². The van der Waals surface area contributed by atoms with Crippen LogP contribution in [0.1, 0.15) is 18.1 Å². The van der Waals surface area contributed by atoms with Gasteiger partial charge in [-0.15, -0.1) is 0 Å². The quantitative estimate of drug-likeness (QED) is 0.648. The second kappa shape index (κ2) is 6.23. The summed E-state index contributed by atoms with van der Waals surface area (Å²) in [5.41, 5.74) is 3.13. The summed E-state index contributed by atoms with van der Waals surface area (Å²) in [5.74, 6) is 2.25. The Hall–Kier alpha value is -3.15. The highest BCUT2D eigenvalue weighted by Crippen LogP contribution is 2.38. The lowest BCUT2D eigenvalue weighted by Crippen LogP contribution is -2.32. The number of hydrogen-bond donors (Lipinski definition) is 0. The van der Waals surface area contributed by atoms with Crippen molar-refractivity contribution in [2.24, 2.45) is 0 Å². The molecule has 0 radical (unpaired) electrons. The molecule has 0 N–H and O–H groups in total. The molecule has 0 saturated heterocycles. The number of rotatable bonds is 2.